The molecule has 0 saturated heterocycles. The van der Waals surface area contributed by atoms with Gasteiger partial charge in [-0.3, -0.25) is 0 Å². The molecule has 10 aromatic carbocycles. The summed E-state index contributed by atoms with van der Waals surface area (Å²) in [6.07, 6.45) is 0. The lowest BCUT2D eigenvalue weighted by Crippen LogP contribution is -1.97. The number of nitrogens with zero attached hydrogens (tertiary/aromatic N) is 3. The third-order valence-corrected chi connectivity index (χ3v) is 12.2. The van der Waals surface area contributed by atoms with E-state index < -0.39 is 0 Å². The Morgan fingerprint density at radius 2 is 0.803 bits per heavy atom. The van der Waals surface area contributed by atoms with E-state index in [1.54, 1.807) is 0 Å². The van der Waals surface area contributed by atoms with Crippen molar-refractivity contribution < 1.29 is 0 Å². The minimum Gasteiger partial charge on any atom is -0.309 e. The standard InChI is InChI=1S/C58H37N3/c1-4-14-38(15-5-1)43-26-31-50-44(34-43)28-33-54-56(50)55-49-21-11-10-20-41(49)27-32-53(55)61(54)48-29-24-42(25-30-48)58-59-52-23-13-12-22-51(52)57(60-58)47-36-45(39-16-6-2-7-17-39)35-46(37-47)40-18-8-3-9-19-40/h1-37H. The molecule has 0 spiro atoms. The topological polar surface area (TPSA) is 30.7 Å². The molecule has 0 fully saturated rings. The fourth-order valence-corrected chi connectivity index (χ4v) is 9.24. The van der Waals surface area contributed by atoms with Crippen LogP contribution in [0.25, 0.3) is 116 Å². The molecule has 12 rings (SSSR count). The highest BCUT2D eigenvalue weighted by atomic mass is 15.0. The van der Waals surface area contributed by atoms with Gasteiger partial charge in [-0.05, 0) is 122 Å². The van der Waals surface area contributed by atoms with Crippen LogP contribution in [-0.4, -0.2) is 14.5 Å². The van der Waals surface area contributed by atoms with Gasteiger partial charge in [0.15, 0.2) is 5.82 Å². The van der Waals surface area contributed by atoms with Gasteiger partial charge in [-0.2, -0.15) is 0 Å². The highest BCUT2D eigenvalue weighted by Gasteiger charge is 2.19. The quantitative estimate of drug-likeness (QED) is 0.168. The zero-order valence-electron chi connectivity index (χ0n) is 33.2. The molecule has 0 bridgehead atoms. The van der Waals surface area contributed by atoms with Crippen LogP contribution in [0.4, 0.5) is 0 Å². The summed E-state index contributed by atoms with van der Waals surface area (Å²) in [5.74, 6) is 0.694. The average Bonchev–Trinajstić information content (AvgIpc) is 3.69. The monoisotopic (exact) mass is 775 g/mol. The van der Waals surface area contributed by atoms with E-state index in [1.807, 2.05) is 0 Å². The molecule has 284 valence electrons. The molecule has 0 radical (unpaired) electrons. The molecular formula is C58H37N3. The highest BCUT2D eigenvalue weighted by Crippen LogP contribution is 2.42. The van der Waals surface area contributed by atoms with Crippen molar-refractivity contribution in [2.45, 2.75) is 0 Å². The molecule has 12 aromatic rings. The second-order valence-corrected chi connectivity index (χ2v) is 15.8. The van der Waals surface area contributed by atoms with Crippen LogP contribution >= 0.6 is 0 Å². The predicted octanol–water partition coefficient (Wildman–Crippen LogP) is 15.4. The summed E-state index contributed by atoms with van der Waals surface area (Å²) in [6.45, 7) is 0. The number of fused-ring (bicyclic) bond motifs is 8. The number of benzene rings is 10. The molecule has 0 N–H and O–H groups in total. The van der Waals surface area contributed by atoms with Gasteiger partial charge < -0.3 is 4.57 Å². The van der Waals surface area contributed by atoms with Crippen LogP contribution in [0.2, 0.25) is 0 Å². The third-order valence-electron chi connectivity index (χ3n) is 12.2. The summed E-state index contributed by atoms with van der Waals surface area (Å²) in [5, 5.41) is 8.52. The molecule has 0 amide bonds. The number of rotatable bonds is 6. The van der Waals surface area contributed by atoms with E-state index in [2.05, 4.69) is 229 Å². The largest absolute Gasteiger partial charge is 0.309 e. The van der Waals surface area contributed by atoms with E-state index in [9.17, 15) is 0 Å². The van der Waals surface area contributed by atoms with Gasteiger partial charge >= 0.3 is 0 Å². The lowest BCUT2D eigenvalue weighted by Gasteiger charge is -2.14. The summed E-state index contributed by atoms with van der Waals surface area (Å²) in [4.78, 5) is 10.5. The van der Waals surface area contributed by atoms with Crippen LogP contribution in [0.5, 0.6) is 0 Å². The second-order valence-electron chi connectivity index (χ2n) is 15.8. The molecule has 0 atom stereocenters. The first-order valence-electron chi connectivity index (χ1n) is 20.8. The smallest absolute Gasteiger partial charge is 0.160 e. The molecule has 0 aliphatic heterocycles. The molecule has 0 unspecified atom stereocenters. The van der Waals surface area contributed by atoms with Crippen LogP contribution in [0.1, 0.15) is 0 Å². The van der Waals surface area contributed by atoms with Crippen LogP contribution < -0.4 is 0 Å². The molecule has 3 nitrogen and oxygen atoms in total. The minimum absolute atomic E-state index is 0.694. The Kier molecular flexibility index (Phi) is 8.17. The minimum atomic E-state index is 0.694. The maximum absolute atomic E-state index is 5.38. The van der Waals surface area contributed by atoms with Gasteiger partial charge in [0.25, 0.3) is 0 Å². The Morgan fingerprint density at radius 3 is 1.46 bits per heavy atom. The third kappa shape index (κ3) is 5.98. The van der Waals surface area contributed by atoms with Crippen molar-refractivity contribution in [1.29, 1.82) is 0 Å². The fraction of sp³-hybridized carbons (Fsp3) is 0. The van der Waals surface area contributed by atoms with E-state index in [0.29, 0.717) is 5.82 Å². The molecule has 0 saturated carbocycles. The fourth-order valence-electron chi connectivity index (χ4n) is 9.24. The lowest BCUT2D eigenvalue weighted by atomic mass is 9.94. The predicted molar refractivity (Wildman–Crippen MR) is 256 cm³/mol. The SMILES string of the molecule is c1ccc(-c2cc(-c3ccccc3)cc(-c3nc(-c4ccc(-n5c6ccc7ccccc7c6c6c7ccc(-c8ccccc8)cc7ccc65)cc4)nc4ccccc34)c2)cc1. The Morgan fingerprint density at radius 1 is 0.295 bits per heavy atom. The number of hydrogen-bond donors (Lipinski definition) is 0. The molecule has 61 heavy (non-hydrogen) atoms. The normalized spacial score (nSPS) is 11.6. The molecule has 0 aliphatic carbocycles. The zero-order chi connectivity index (χ0) is 40.3. The summed E-state index contributed by atoms with van der Waals surface area (Å²) in [7, 11) is 0. The van der Waals surface area contributed by atoms with Gasteiger partial charge in [-0.15, -0.1) is 0 Å². The van der Waals surface area contributed by atoms with Crippen LogP contribution in [0.15, 0.2) is 224 Å². The van der Waals surface area contributed by atoms with Crippen molar-refractivity contribution in [3.8, 4) is 61.7 Å². The highest BCUT2D eigenvalue weighted by molar-refractivity contribution is 6.28. The number of para-hydroxylation sites is 1. The Hall–Kier alpha value is -8.14. The van der Waals surface area contributed by atoms with E-state index in [1.165, 1.54) is 65.6 Å². The van der Waals surface area contributed by atoms with Gasteiger partial charge in [0.2, 0.25) is 0 Å². The maximum Gasteiger partial charge on any atom is 0.160 e. The van der Waals surface area contributed by atoms with Crippen molar-refractivity contribution in [1.82, 2.24) is 14.5 Å². The molecule has 2 heterocycles. The summed E-state index contributed by atoms with van der Waals surface area (Å²) < 4.78 is 2.41. The number of hydrogen-bond acceptors (Lipinski definition) is 2. The average molecular weight is 776 g/mol. The summed E-state index contributed by atoms with van der Waals surface area (Å²) >= 11 is 0. The Labute approximate surface area is 353 Å². The van der Waals surface area contributed by atoms with E-state index >= 15 is 0 Å². The van der Waals surface area contributed by atoms with Gasteiger partial charge in [-0.1, -0.05) is 158 Å². The molecule has 0 aliphatic rings. The Balaban J connectivity index is 1.02. The molecular weight excluding hydrogens is 739 g/mol. The first-order chi connectivity index (χ1) is 30.2. The number of aromatic nitrogens is 3. The van der Waals surface area contributed by atoms with Crippen molar-refractivity contribution in [3.63, 3.8) is 0 Å². The zero-order valence-corrected chi connectivity index (χ0v) is 33.2. The van der Waals surface area contributed by atoms with Crippen molar-refractivity contribution in [2.75, 3.05) is 0 Å². The van der Waals surface area contributed by atoms with Gasteiger partial charge in [-0.25, -0.2) is 9.97 Å². The first kappa shape index (κ1) is 34.9. The van der Waals surface area contributed by atoms with Crippen molar-refractivity contribution >= 4 is 54.3 Å². The molecule has 3 heteroatoms. The Bertz CT molecular complexity index is 3550. The summed E-state index contributed by atoms with van der Waals surface area (Å²) in [5.41, 5.74) is 14.3. The second kappa shape index (κ2) is 14.3. The van der Waals surface area contributed by atoms with Crippen LogP contribution in [0.3, 0.4) is 0 Å². The van der Waals surface area contributed by atoms with Crippen LogP contribution in [-0.2, 0) is 0 Å². The van der Waals surface area contributed by atoms with E-state index in [-0.39, 0.29) is 0 Å². The van der Waals surface area contributed by atoms with Crippen LogP contribution in [0, 0.1) is 0 Å². The van der Waals surface area contributed by atoms with E-state index in [4.69, 9.17) is 9.97 Å². The maximum atomic E-state index is 5.38. The lowest BCUT2D eigenvalue weighted by molar-refractivity contribution is 1.17. The van der Waals surface area contributed by atoms with Crippen molar-refractivity contribution in [2.24, 2.45) is 0 Å². The first-order valence-corrected chi connectivity index (χ1v) is 20.8. The van der Waals surface area contributed by atoms with Gasteiger partial charge in [0, 0.05) is 33.0 Å². The van der Waals surface area contributed by atoms with Gasteiger partial charge in [0.05, 0.1) is 22.2 Å². The summed E-state index contributed by atoms with van der Waals surface area (Å²) in [6, 6.07) is 80.5. The van der Waals surface area contributed by atoms with E-state index in [0.717, 1.165) is 44.5 Å². The van der Waals surface area contributed by atoms with Crippen molar-refractivity contribution in [3.05, 3.63) is 224 Å². The van der Waals surface area contributed by atoms with Gasteiger partial charge in [0.1, 0.15) is 0 Å². The molecule has 2 aromatic heterocycles.